The number of nitro benzene ring substituents is 1. The number of rotatable bonds is 6. The molecule has 5 heteroatoms. The van der Waals surface area contributed by atoms with Crippen molar-refractivity contribution in [2.24, 2.45) is 11.7 Å². The molecule has 1 atom stereocenters. The summed E-state index contributed by atoms with van der Waals surface area (Å²) in [6.45, 7) is 4.24. The second kappa shape index (κ2) is 6.35. The van der Waals surface area contributed by atoms with Crippen LogP contribution in [0.1, 0.15) is 25.8 Å². The Kier molecular flexibility index (Phi) is 5.09. The van der Waals surface area contributed by atoms with Crippen molar-refractivity contribution in [3.63, 3.8) is 0 Å². The van der Waals surface area contributed by atoms with Gasteiger partial charge in [0.15, 0.2) is 5.75 Å². The van der Waals surface area contributed by atoms with Gasteiger partial charge in [-0.15, -0.1) is 0 Å². The van der Waals surface area contributed by atoms with Crippen LogP contribution in [0.4, 0.5) is 5.69 Å². The summed E-state index contributed by atoms with van der Waals surface area (Å²) in [7, 11) is 1.43. The van der Waals surface area contributed by atoms with E-state index in [1.165, 1.54) is 13.2 Å². The first-order chi connectivity index (χ1) is 8.43. The van der Waals surface area contributed by atoms with Gasteiger partial charge in [0.2, 0.25) is 0 Å². The topological polar surface area (TPSA) is 78.4 Å². The van der Waals surface area contributed by atoms with E-state index < -0.39 is 4.92 Å². The average molecular weight is 252 g/mol. The number of hydrogen-bond donors (Lipinski definition) is 1. The predicted octanol–water partition coefficient (Wildman–Crippen LogP) is 2.52. The van der Waals surface area contributed by atoms with Crippen molar-refractivity contribution >= 4 is 5.69 Å². The molecule has 0 aliphatic carbocycles. The Morgan fingerprint density at radius 1 is 1.44 bits per heavy atom. The molecule has 1 unspecified atom stereocenters. The van der Waals surface area contributed by atoms with Crippen molar-refractivity contribution in [3.05, 3.63) is 33.9 Å². The van der Waals surface area contributed by atoms with Crippen LogP contribution in [0.3, 0.4) is 0 Å². The van der Waals surface area contributed by atoms with Gasteiger partial charge in [-0.25, -0.2) is 0 Å². The fraction of sp³-hybridized carbons (Fsp3) is 0.538. The van der Waals surface area contributed by atoms with Gasteiger partial charge in [0, 0.05) is 12.1 Å². The first-order valence-corrected chi connectivity index (χ1v) is 6.01. The van der Waals surface area contributed by atoms with E-state index in [4.69, 9.17) is 10.5 Å². The van der Waals surface area contributed by atoms with Crippen molar-refractivity contribution in [1.82, 2.24) is 0 Å². The van der Waals surface area contributed by atoms with Gasteiger partial charge in [0.25, 0.3) is 0 Å². The number of methoxy groups -OCH3 is 1. The summed E-state index contributed by atoms with van der Waals surface area (Å²) in [5, 5.41) is 10.8. The first-order valence-electron chi connectivity index (χ1n) is 6.01. The minimum Gasteiger partial charge on any atom is -0.490 e. The zero-order valence-electron chi connectivity index (χ0n) is 11.1. The fourth-order valence-corrected chi connectivity index (χ4v) is 1.99. The second-order valence-corrected chi connectivity index (χ2v) is 4.86. The van der Waals surface area contributed by atoms with E-state index in [0.29, 0.717) is 12.3 Å². The molecule has 0 saturated heterocycles. The minimum atomic E-state index is -0.448. The summed E-state index contributed by atoms with van der Waals surface area (Å²) in [6, 6.07) is 4.96. The van der Waals surface area contributed by atoms with Gasteiger partial charge in [0.1, 0.15) is 0 Å². The minimum absolute atomic E-state index is 0.0151. The maximum Gasteiger partial charge on any atom is 0.310 e. The molecule has 0 aliphatic heterocycles. The Morgan fingerprint density at radius 2 is 2.11 bits per heavy atom. The maximum absolute atomic E-state index is 10.8. The normalized spacial score (nSPS) is 12.5. The van der Waals surface area contributed by atoms with Crippen LogP contribution < -0.4 is 10.5 Å². The number of nitrogens with zero attached hydrogens (tertiary/aromatic N) is 1. The lowest BCUT2D eigenvalue weighted by atomic mass is 9.98. The molecule has 5 nitrogen and oxygen atoms in total. The van der Waals surface area contributed by atoms with Gasteiger partial charge in [0.05, 0.1) is 12.0 Å². The van der Waals surface area contributed by atoms with Crippen molar-refractivity contribution in [1.29, 1.82) is 0 Å². The molecular weight excluding hydrogens is 232 g/mol. The van der Waals surface area contributed by atoms with Gasteiger partial charge in [-0.3, -0.25) is 10.1 Å². The van der Waals surface area contributed by atoms with Crippen LogP contribution in [0.25, 0.3) is 0 Å². The monoisotopic (exact) mass is 252 g/mol. The molecule has 0 fully saturated rings. The molecule has 1 rings (SSSR count). The number of benzene rings is 1. The molecule has 18 heavy (non-hydrogen) atoms. The summed E-state index contributed by atoms with van der Waals surface area (Å²) in [5.74, 6) is 0.828. The van der Waals surface area contributed by atoms with Crippen molar-refractivity contribution in [2.45, 2.75) is 32.7 Å². The van der Waals surface area contributed by atoms with Gasteiger partial charge < -0.3 is 10.5 Å². The van der Waals surface area contributed by atoms with E-state index in [1.807, 2.05) is 0 Å². The molecule has 100 valence electrons. The van der Waals surface area contributed by atoms with E-state index >= 15 is 0 Å². The molecule has 1 aromatic carbocycles. The molecule has 0 radical (unpaired) electrons. The largest absolute Gasteiger partial charge is 0.490 e. The number of nitrogens with two attached hydrogens (primary N) is 1. The van der Waals surface area contributed by atoms with Gasteiger partial charge in [-0.05, 0) is 30.4 Å². The zero-order valence-corrected chi connectivity index (χ0v) is 11.1. The third kappa shape index (κ3) is 4.00. The zero-order chi connectivity index (χ0) is 13.7. The highest BCUT2D eigenvalue weighted by Crippen LogP contribution is 2.28. The van der Waals surface area contributed by atoms with Crippen LogP contribution in [0.15, 0.2) is 18.2 Å². The quantitative estimate of drug-likeness (QED) is 0.623. The van der Waals surface area contributed by atoms with Crippen LogP contribution in [-0.4, -0.2) is 18.1 Å². The summed E-state index contributed by atoms with van der Waals surface area (Å²) in [5.41, 5.74) is 6.97. The molecule has 0 spiro atoms. The van der Waals surface area contributed by atoms with Crippen LogP contribution in [0.5, 0.6) is 5.75 Å². The Bertz CT molecular complexity index is 419. The summed E-state index contributed by atoms with van der Waals surface area (Å²) in [6.07, 6.45) is 1.63. The van der Waals surface area contributed by atoms with Crippen molar-refractivity contribution in [2.75, 3.05) is 7.11 Å². The van der Waals surface area contributed by atoms with Crippen molar-refractivity contribution in [3.8, 4) is 5.75 Å². The van der Waals surface area contributed by atoms with Crippen molar-refractivity contribution < 1.29 is 9.66 Å². The average Bonchev–Trinajstić information content (AvgIpc) is 2.27. The van der Waals surface area contributed by atoms with E-state index in [0.717, 1.165) is 12.0 Å². The second-order valence-electron chi connectivity index (χ2n) is 4.86. The fourth-order valence-electron chi connectivity index (χ4n) is 1.99. The van der Waals surface area contributed by atoms with Crippen LogP contribution >= 0.6 is 0 Å². The van der Waals surface area contributed by atoms with Gasteiger partial charge in [-0.2, -0.15) is 0 Å². The lowest BCUT2D eigenvalue weighted by molar-refractivity contribution is -0.385. The Morgan fingerprint density at radius 3 is 2.61 bits per heavy atom. The van der Waals surface area contributed by atoms with Crippen LogP contribution in [-0.2, 0) is 6.42 Å². The molecule has 0 bridgehead atoms. The molecule has 0 saturated carbocycles. The van der Waals surface area contributed by atoms with E-state index in [-0.39, 0.29) is 17.5 Å². The highest BCUT2D eigenvalue weighted by Gasteiger charge is 2.15. The molecule has 1 aromatic rings. The summed E-state index contributed by atoms with van der Waals surface area (Å²) in [4.78, 5) is 10.3. The van der Waals surface area contributed by atoms with Crippen LogP contribution in [0, 0.1) is 16.0 Å². The summed E-state index contributed by atoms with van der Waals surface area (Å²) < 4.78 is 5.03. The third-order valence-electron chi connectivity index (χ3n) is 2.71. The lowest BCUT2D eigenvalue weighted by Gasteiger charge is -2.14. The molecule has 2 N–H and O–H groups in total. The number of ether oxygens (including phenoxy) is 1. The third-order valence-corrected chi connectivity index (χ3v) is 2.71. The standard InChI is InChI=1S/C13H20N2O3/c1-9(2)6-11(14)7-10-4-5-12(15(16)17)13(8-10)18-3/h4-5,8-9,11H,6-7,14H2,1-3H3. The van der Waals surface area contributed by atoms with Gasteiger partial charge in [-0.1, -0.05) is 19.9 Å². The Labute approximate surface area is 107 Å². The van der Waals surface area contributed by atoms with E-state index in [9.17, 15) is 10.1 Å². The molecule has 0 amide bonds. The SMILES string of the molecule is COc1cc(CC(N)CC(C)C)ccc1[N+](=O)[O-]. The highest BCUT2D eigenvalue weighted by molar-refractivity contribution is 5.48. The lowest BCUT2D eigenvalue weighted by Crippen LogP contribution is -2.24. The predicted molar refractivity (Wildman–Crippen MR) is 70.8 cm³/mol. The Balaban J connectivity index is 2.82. The molecule has 0 heterocycles. The van der Waals surface area contributed by atoms with E-state index in [1.54, 1.807) is 12.1 Å². The Hall–Kier alpha value is -1.62. The number of nitro groups is 1. The molecule has 0 aromatic heterocycles. The van der Waals surface area contributed by atoms with Crippen LogP contribution in [0.2, 0.25) is 0 Å². The van der Waals surface area contributed by atoms with Gasteiger partial charge >= 0.3 is 5.69 Å². The summed E-state index contributed by atoms with van der Waals surface area (Å²) >= 11 is 0. The van der Waals surface area contributed by atoms with E-state index in [2.05, 4.69) is 13.8 Å². The smallest absolute Gasteiger partial charge is 0.310 e. The molecule has 0 aliphatic rings. The molecular formula is C13H20N2O3. The first kappa shape index (κ1) is 14.4. The highest BCUT2D eigenvalue weighted by atomic mass is 16.6. The maximum atomic E-state index is 10.8. The number of hydrogen-bond acceptors (Lipinski definition) is 4.